The van der Waals surface area contributed by atoms with Crippen LogP contribution >= 0.6 is 0 Å². The number of rotatable bonds is 8. The smallest absolute Gasteiger partial charge is 0.123 e. The SMILES string of the molecule is C=CCCC(CO)Oc1ccccc1CC=C. The number of aliphatic hydroxyl groups is 1. The maximum Gasteiger partial charge on any atom is 0.123 e. The van der Waals surface area contributed by atoms with Gasteiger partial charge in [0.05, 0.1) is 6.61 Å². The van der Waals surface area contributed by atoms with Gasteiger partial charge >= 0.3 is 0 Å². The van der Waals surface area contributed by atoms with Gasteiger partial charge in [-0.1, -0.05) is 30.4 Å². The maximum atomic E-state index is 9.26. The number of benzene rings is 1. The van der Waals surface area contributed by atoms with Gasteiger partial charge in [-0.3, -0.25) is 0 Å². The molecular formula is C15H20O2. The Labute approximate surface area is 103 Å². The normalized spacial score (nSPS) is 11.8. The van der Waals surface area contributed by atoms with Crippen LogP contribution in [-0.2, 0) is 6.42 Å². The van der Waals surface area contributed by atoms with Gasteiger partial charge in [0, 0.05) is 0 Å². The summed E-state index contributed by atoms with van der Waals surface area (Å²) in [5.41, 5.74) is 1.10. The second-order valence-corrected chi connectivity index (χ2v) is 3.89. The van der Waals surface area contributed by atoms with Crippen molar-refractivity contribution in [3.63, 3.8) is 0 Å². The van der Waals surface area contributed by atoms with Gasteiger partial charge in [-0.05, 0) is 30.9 Å². The Morgan fingerprint density at radius 3 is 2.65 bits per heavy atom. The Balaban J connectivity index is 2.70. The third kappa shape index (κ3) is 4.45. The molecule has 1 N–H and O–H groups in total. The van der Waals surface area contributed by atoms with Crippen molar-refractivity contribution in [3.05, 3.63) is 55.1 Å². The molecule has 1 aromatic rings. The zero-order chi connectivity index (χ0) is 12.5. The Bertz CT molecular complexity index is 358. The van der Waals surface area contributed by atoms with Gasteiger partial charge in [0.1, 0.15) is 11.9 Å². The Kier molecular flexibility index (Phi) is 6.12. The third-order valence-electron chi connectivity index (χ3n) is 2.53. The van der Waals surface area contributed by atoms with Crippen LogP contribution in [0.25, 0.3) is 0 Å². The van der Waals surface area contributed by atoms with E-state index < -0.39 is 0 Å². The summed E-state index contributed by atoms with van der Waals surface area (Å²) in [5, 5.41) is 9.26. The van der Waals surface area contributed by atoms with Gasteiger partial charge in [-0.25, -0.2) is 0 Å². The van der Waals surface area contributed by atoms with Crippen molar-refractivity contribution >= 4 is 0 Å². The molecule has 1 aromatic carbocycles. The zero-order valence-electron chi connectivity index (χ0n) is 10.1. The monoisotopic (exact) mass is 232 g/mol. The van der Waals surface area contributed by atoms with Gasteiger partial charge in [0.25, 0.3) is 0 Å². The largest absolute Gasteiger partial charge is 0.488 e. The summed E-state index contributed by atoms with van der Waals surface area (Å²) in [6.07, 6.45) is 5.91. The molecule has 1 atom stereocenters. The first-order chi connectivity index (χ1) is 8.31. The first-order valence-corrected chi connectivity index (χ1v) is 5.89. The molecule has 92 valence electrons. The minimum absolute atomic E-state index is 0.0241. The molecular weight excluding hydrogens is 212 g/mol. The fourth-order valence-electron chi connectivity index (χ4n) is 1.61. The molecule has 1 rings (SSSR count). The summed E-state index contributed by atoms with van der Waals surface area (Å²) >= 11 is 0. The molecule has 0 aromatic heterocycles. The van der Waals surface area contributed by atoms with Gasteiger partial charge < -0.3 is 9.84 Å². The number of ether oxygens (including phenoxy) is 1. The van der Waals surface area contributed by atoms with E-state index in [4.69, 9.17) is 4.74 Å². The topological polar surface area (TPSA) is 29.5 Å². The fourth-order valence-corrected chi connectivity index (χ4v) is 1.61. The van der Waals surface area contributed by atoms with E-state index in [1.54, 1.807) is 0 Å². The van der Waals surface area contributed by atoms with Crippen LogP contribution in [0.3, 0.4) is 0 Å². The molecule has 0 spiro atoms. The molecule has 0 aliphatic rings. The van der Waals surface area contributed by atoms with Crippen molar-refractivity contribution in [3.8, 4) is 5.75 Å². The highest BCUT2D eigenvalue weighted by molar-refractivity contribution is 5.34. The molecule has 0 amide bonds. The van der Waals surface area contributed by atoms with Crippen molar-refractivity contribution in [1.29, 1.82) is 0 Å². The van der Waals surface area contributed by atoms with Crippen molar-refractivity contribution in [2.45, 2.75) is 25.4 Å². The number of allylic oxidation sites excluding steroid dienone is 2. The molecule has 1 unspecified atom stereocenters. The average Bonchev–Trinajstić information content (AvgIpc) is 2.36. The molecule has 0 saturated heterocycles. The van der Waals surface area contributed by atoms with E-state index in [1.807, 2.05) is 36.4 Å². The molecule has 0 saturated carbocycles. The van der Waals surface area contributed by atoms with E-state index in [0.717, 1.165) is 30.6 Å². The Hall–Kier alpha value is -1.54. The lowest BCUT2D eigenvalue weighted by molar-refractivity contribution is 0.108. The molecule has 2 heteroatoms. The molecule has 0 aliphatic heterocycles. The van der Waals surface area contributed by atoms with Gasteiger partial charge in [-0.15, -0.1) is 13.2 Å². The van der Waals surface area contributed by atoms with E-state index in [-0.39, 0.29) is 12.7 Å². The lowest BCUT2D eigenvalue weighted by Gasteiger charge is -2.18. The lowest BCUT2D eigenvalue weighted by atomic mass is 10.1. The highest BCUT2D eigenvalue weighted by Gasteiger charge is 2.10. The van der Waals surface area contributed by atoms with Crippen LogP contribution in [0.5, 0.6) is 5.75 Å². The maximum absolute atomic E-state index is 9.26. The summed E-state index contributed by atoms with van der Waals surface area (Å²) in [4.78, 5) is 0. The van der Waals surface area contributed by atoms with Crippen molar-refractivity contribution in [2.75, 3.05) is 6.61 Å². The van der Waals surface area contributed by atoms with E-state index in [9.17, 15) is 5.11 Å². The molecule has 0 radical (unpaired) electrons. The molecule has 0 heterocycles. The second kappa shape index (κ2) is 7.69. The zero-order valence-corrected chi connectivity index (χ0v) is 10.1. The molecule has 17 heavy (non-hydrogen) atoms. The summed E-state index contributed by atoms with van der Waals surface area (Å²) in [6, 6.07) is 7.85. The van der Waals surface area contributed by atoms with Crippen LogP contribution in [0.4, 0.5) is 0 Å². The first kappa shape index (κ1) is 13.5. The van der Waals surface area contributed by atoms with Crippen molar-refractivity contribution in [2.24, 2.45) is 0 Å². The fraction of sp³-hybridized carbons (Fsp3) is 0.333. The van der Waals surface area contributed by atoms with Crippen LogP contribution < -0.4 is 4.74 Å². The number of para-hydroxylation sites is 1. The van der Waals surface area contributed by atoms with E-state index in [0.29, 0.717) is 0 Å². The van der Waals surface area contributed by atoms with Gasteiger partial charge in [-0.2, -0.15) is 0 Å². The third-order valence-corrected chi connectivity index (χ3v) is 2.53. The standard InChI is InChI=1S/C15H20O2/c1-3-5-10-14(12-16)17-15-11-7-6-9-13(15)8-4-2/h3-4,6-7,9,11,14,16H,1-2,5,8,10,12H2. The van der Waals surface area contributed by atoms with Gasteiger partial charge in [0.15, 0.2) is 0 Å². The minimum Gasteiger partial charge on any atom is -0.488 e. The predicted molar refractivity (Wildman–Crippen MR) is 71.3 cm³/mol. The lowest BCUT2D eigenvalue weighted by Crippen LogP contribution is -2.21. The highest BCUT2D eigenvalue weighted by Crippen LogP contribution is 2.21. The quantitative estimate of drug-likeness (QED) is 0.698. The minimum atomic E-state index is -0.168. The van der Waals surface area contributed by atoms with Crippen LogP contribution in [0.1, 0.15) is 18.4 Å². The molecule has 0 bridgehead atoms. The van der Waals surface area contributed by atoms with Crippen molar-refractivity contribution < 1.29 is 9.84 Å². The van der Waals surface area contributed by atoms with Crippen LogP contribution in [0.2, 0.25) is 0 Å². The molecule has 2 nitrogen and oxygen atoms in total. The van der Waals surface area contributed by atoms with E-state index in [1.165, 1.54) is 0 Å². The Morgan fingerprint density at radius 2 is 2.00 bits per heavy atom. The Morgan fingerprint density at radius 1 is 1.24 bits per heavy atom. The summed E-state index contributed by atoms with van der Waals surface area (Å²) < 4.78 is 5.80. The van der Waals surface area contributed by atoms with Crippen LogP contribution in [0, 0.1) is 0 Å². The van der Waals surface area contributed by atoms with E-state index >= 15 is 0 Å². The van der Waals surface area contributed by atoms with Crippen LogP contribution in [-0.4, -0.2) is 17.8 Å². The van der Waals surface area contributed by atoms with E-state index in [2.05, 4.69) is 13.2 Å². The van der Waals surface area contributed by atoms with Crippen LogP contribution in [0.15, 0.2) is 49.6 Å². The number of hydrogen-bond donors (Lipinski definition) is 1. The summed E-state index contributed by atoms with van der Waals surface area (Å²) in [5.74, 6) is 0.829. The first-order valence-electron chi connectivity index (χ1n) is 5.89. The van der Waals surface area contributed by atoms with Crippen molar-refractivity contribution in [1.82, 2.24) is 0 Å². The second-order valence-electron chi connectivity index (χ2n) is 3.89. The van der Waals surface area contributed by atoms with Gasteiger partial charge in [0.2, 0.25) is 0 Å². The molecule has 0 aliphatic carbocycles. The highest BCUT2D eigenvalue weighted by atomic mass is 16.5. The predicted octanol–water partition coefficient (Wildman–Crippen LogP) is 3.12. The molecule has 0 fully saturated rings. The summed E-state index contributed by atoms with van der Waals surface area (Å²) in [7, 11) is 0. The summed E-state index contributed by atoms with van der Waals surface area (Å²) in [6.45, 7) is 7.42. The number of hydrogen-bond acceptors (Lipinski definition) is 2. The number of aliphatic hydroxyl groups excluding tert-OH is 1. The average molecular weight is 232 g/mol.